The fraction of sp³-hybridized carbons (Fsp3) is 0.476. The summed E-state index contributed by atoms with van der Waals surface area (Å²) >= 11 is 1.79. The number of hydrogen-bond acceptors (Lipinski definition) is 5. The molecule has 4 heterocycles. The van der Waals surface area contributed by atoms with Crippen molar-refractivity contribution in [3.63, 3.8) is 0 Å². The lowest BCUT2D eigenvalue weighted by Crippen LogP contribution is -2.53. The molecule has 1 amide bonds. The van der Waals surface area contributed by atoms with E-state index in [1.807, 2.05) is 29.3 Å². The number of piperazine rings is 1. The number of aromatic nitrogens is 1. The summed E-state index contributed by atoms with van der Waals surface area (Å²) in [7, 11) is 0. The van der Waals surface area contributed by atoms with E-state index >= 15 is 0 Å². The van der Waals surface area contributed by atoms with E-state index in [1.165, 1.54) is 10.4 Å². The third kappa shape index (κ3) is 4.70. The number of amides is 1. The lowest BCUT2D eigenvalue weighted by molar-refractivity contribution is -0.130. The summed E-state index contributed by atoms with van der Waals surface area (Å²) in [6, 6.07) is 8.14. The Bertz CT molecular complexity index is 844. The van der Waals surface area contributed by atoms with E-state index in [2.05, 4.69) is 43.5 Å². The van der Waals surface area contributed by atoms with Crippen molar-refractivity contribution in [2.75, 3.05) is 50.7 Å². The van der Waals surface area contributed by atoms with Gasteiger partial charge in [-0.15, -0.1) is 11.3 Å². The Balaban J connectivity index is 1.34. The minimum absolute atomic E-state index is 0.101. The van der Waals surface area contributed by atoms with Crippen molar-refractivity contribution in [1.29, 1.82) is 0 Å². The lowest BCUT2D eigenvalue weighted by atomic mass is 10.1. The van der Waals surface area contributed by atoms with Crippen LogP contribution in [0.1, 0.15) is 17.4 Å². The van der Waals surface area contributed by atoms with E-state index in [0.717, 1.165) is 57.5 Å². The maximum absolute atomic E-state index is 12.7. The third-order valence-corrected chi connectivity index (χ3v) is 6.43. The minimum atomic E-state index is 0.101. The Morgan fingerprint density at radius 3 is 2.79 bits per heavy atom. The van der Waals surface area contributed by atoms with E-state index in [9.17, 15) is 4.79 Å². The second kappa shape index (κ2) is 9.26. The molecule has 0 spiro atoms. The van der Waals surface area contributed by atoms with Crippen LogP contribution in [-0.2, 0) is 17.8 Å². The topological polar surface area (TPSA) is 64.1 Å². The number of carbonyl (C=O) groups is 1. The molecule has 2 aromatic heterocycles. The summed E-state index contributed by atoms with van der Waals surface area (Å²) in [5, 5.41) is 5.47. The normalized spacial score (nSPS) is 17.3. The van der Waals surface area contributed by atoms with E-state index < -0.39 is 0 Å². The number of fused-ring (bicyclic) bond motifs is 1. The number of pyridine rings is 1. The molecule has 0 saturated carbocycles. The fourth-order valence-corrected chi connectivity index (χ4v) is 4.71. The first-order valence-electron chi connectivity index (χ1n) is 10.3. The highest BCUT2D eigenvalue weighted by atomic mass is 32.1. The first-order valence-corrected chi connectivity index (χ1v) is 11.1. The van der Waals surface area contributed by atoms with Gasteiger partial charge in [0, 0.05) is 56.9 Å². The highest BCUT2D eigenvalue weighted by Gasteiger charge is 2.23. The monoisotopic (exact) mass is 412 g/mol. The number of guanidine groups is 1. The predicted octanol–water partition coefficient (Wildman–Crippen LogP) is 1.82. The number of hydrogen-bond donors (Lipinski definition) is 1. The Kier molecular flexibility index (Phi) is 6.29. The summed E-state index contributed by atoms with van der Waals surface area (Å²) in [5.41, 5.74) is 1.29. The Labute approximate surface area is 176 Å². The lowest BCUT2D eigenvalue weighted by Gasteiger charge is -2.37. The van der Waals surface area contributed by atoms with Crippen molar-refractivity contribution in [3.8, 4) is 0 Å². The molecule has 154 valence electrons. The first-order chi connectivity index (χ1) is 14.2. The molecule has 1 N–H and O–H groups in total. The Hall–Kier alpha value is -2.61. The molecular formula is C21H28N6OS. The van der Waals surface area contributed by atoms with Gasteiger partial charge in [-0.1, -0.05) is 6.07 Å². The van der Waals surface area contributed by atoms with Gasteiger partial charge in [-0.25, -0.2) is 9.98 Å². The van der Waals surface area contributed by atoms with Gasteiger partial charge in [0.05, 0.1) is 0 Å². The van der Waals surface area contributed by atoms with E-state index in [0.29, 0.717) is 6.54 Å². The van der Waals surface area contributed by atoms with Gasteiger partial charge in [0.2, 0.25) is 5.91 Å². The molecule has 7 nitrogen and oxygen atoms in total. The van der Waals surface area contributed by atoms with Crippen molar-refractivity contribution >= 4 is 29.0 Å². The maximum atomic E-state index is 12.7. The average molecular weight is 413 g/mol. The zero-order valence-electron chi connectivity index (χ0n) is 16.9. The van der Waals surface area contributed by atoms with Crippen LogP contribution < -0.4 is 10.2 Å². The second-order valence-corrected chi connectivity index (χ2v) is 8.27. The molecule has 4 rings (SSSR count). The molecule has 0 aliphatic carbocycles. The van der Waals surface area contributed by atoms with Crippen molar-refractivity contribution in [2.24, 2.45) is 4.99 Å². The van der Waals surface area contributed by atoms with Crippen LogP contribution in [-0.4, -0.2) is 72.5 Å². The van der Waals surface area contributed by atoms with E-state index in [4.69, 9.17) is 0 Å². The molecule has 8 heteroatoms. The van der Waals surface area contributed by atoms with Gasteiger partial charge >= 0.3 is 0 Å². The molecule has 1 fully saturated rings. The third-order valence-electron chi connectivity index (χ3n) is 5.41. The van der Waals surface area contributed by atoms with Gasteiger partial charge < -0.3 is 20.0 Å². The highest BCUT2D eigenvalue weighted by molar-refractivity contribution is 7.10. The summed E-state index contributed by atoms with van der Waals surface area (Å²) < 4.78 is 0. The summed E-state index contributed by atoms with van der Waals surface area (Å²) in [6.45, 7) is 8.05. The van der Waals surface area contributed by atoms with Crippen LogP contribution in [0.4, 0.5) is 5.82 Å². The molecule has 2 aliphatic heterocycles. The van der Waals surface area contributed by atoms with Crippen LogP contribution in [0.15, 0.2) is 40.8 Å². The van der Waals surface area contributed by atoms with Crippen LogP contribution >= 0.6 is 11.3 Å². The van der Waals surface area contributed by atoms with Gasteiger partial charge in [0.15, 0.2) is 5.96 Å². The minimum Gasteiger partial charge on any atom is -0.357 e. The number of anilines is 1. The number of aliphatic imine (C=N–C) groups is 1. The van der Waals surface area contributed by atoms with Crippen LogP contribution in [0.25, 0.3) is 0 Å². The molecular weight excluding hydrogens is 384 g/mol. The molecule has 1 saturated heterocycles. The van der Waals surface area contributed by atoms with Gasteiger partial charge in [-0.2, -0.15) is 0 Å². The van der Waals surface area contributed by atoms with E-state index in [1.54, 1.807) is 11.3 Å². The average Bonchev–Trinajstić information content (AvgIpc) is 3.25. The van der Waals surface area contributed by atoms with Gasteiger partial charge in [-0.3, -0.25) is 4.79 Å². The van der Waals surface area contributed by atoms with Gasteiger partial charge in [0.1, 0.15) is 12.4 Å². The van der Waals surface area contributed by atoms with Gasteiger partial charge in [-0.05, 0) is 42.5 Å². The summed E-state index contributed by atoms with van der Waals surface area (Å²) in [5.74, 6) is 1.95. The summed E-state index contributed by atoms with van der Waals surface area (Å²) in [4.78, 5) is 29.7. The standard InChI is InChI=1S/C21H28N6OS/c1-2-22-21(26-12-10-25(11-13-26)19-5-3-4-8-23-19)24-15-20(28)27-9-6-18-17(16-27)7-14-29-18/h3-5,7-8,14H,2,6,9-13,15-16H2,1H3,(H,22,24). The Morgan fingerprint density at radius 2 is 2.03 bits per heavy atom. The fourth-order valence-electron chi connectivity index (χ4n) is 3.82. The van der Waals surface area contributed by atoms with Crippen molar-refractivity contribution in [3.05, 3.63) is 46.3 Å². The van der Waals surface area contributed by atoms with E-state index in [-0.39, 0.29) is 12.5 Å². The Morgan fingerprint density at radius 1 is 1.17 bits per heavy atom. The molecule has 2 aliphatic rings. The SMILES string of the molecule is CCNC(=NCC(=O)N1CCc2sccc2C1)N1CCN(c2ccccn2)CC1. The largest absolute Gasteiger partial charge is 0.357 e. The first kappa shape index (κ1) is 19.7. The maximum Gasteiger partial charge on any atom is 0.244 e. The smallest absolute Gasteiger partial charge is 0.244 e. The van der Waals surface area contributed by atoms with Crippen LogP contribution in [0.2, 0.25) is 0 Å². The zero-order valence-corrected chi connectivity index (χ0v) is 17.7. The molecule has 0 radical (unpaired) electrons. The highest BCUT2D eigenvalue weighted by Crippen LogP contribution is 2.24. The quantitative estimate of drug-likeness (QED) is 0.613. The van der Waals surface area contributed by atoms with Crippen LogP contribution in [0.3, 0.4) is 0 Å². The molecule has 0 bridgehead atoms. The molecule has 29 heavy (non-hydrogen) atoms. The number of rotatable bonds is 4. The second-order valence-electron chi connectivity index (χ2n) is 7.27. The molecule has 0 aromatic carbocycles. The number of thiophene rings is 1. The molecule has 0 unspecified atom stereocenters. The summed E-state index contributed by atoms with van der Waals surface area (Å²) in [6.07, 6.45) is 2.79. The van der Waals surface area contributed by atoms with Crippen LogP contribution in [0, 0.1) is 0 Å². The van der Waals surface area contributed by atoms with Crippen molar-refractivity contribution < 1.29 is 4.79 Å². The molecule has 0 atom stereocenters. The number of nitrogens with one attached hydrogen (secondary N) is 1. The van der Waals surface area contributed by atoms with Crippen LogP contribution in [0.5, 0.6) is 0 Å². The van der Waals surface area contributed by atoms with Gasteiger partial charge in [0.25, 0.3) is 0 Å². The zero-order chi connectivity index (χ0) is 20.1. The molecule has 2 aromatic rings. The predicted molar refractivity (Wildman–Crippen MR) is 117 cm³/mol. The van der Waals surface area contributed by atoms with Crippen molar-refractivity contribution in [2.45, 2.75) is 19.9 Å². The number of carbonyl (C=O) groups excluding carboxylic acids is 1. The number of nitrogens with zero attached hydrogens (tertiary/aromatic N) is 5. The van der Waals surface area contributed by atoms with Crippen molar-refractivity contribution in [1.82, 2.24) is 20.1 Å².